The Kier molecular flexibility index (Phi) is 12.8. The summed E-state index contributed by atoms with van der Waals surface area (Å²) in [5, 5.41) is 26.8. The molecule has 0 bridgehead atoms. The Hall–Kier alpha value is -5.66. The number of hydrogen-bond donors (Lipinski definition) is 4. The first-order valence-electron chi connectivity index (χ1n) is 17.4. The van der Waals surface area contributed by atoms with Crippen molar-refractivity contribution in [1.29, 1.82) is 5.26 Å². The molecule has 4 amide bonds. The van der Waals surface area contributed by atoms with Crippen molar-refractivity contribution in [2.45, 2.75) is 50.4 Å². The molecule has 2 heterocycles. The molecule has 0 saturated carbocycles. The minimum absolute atomic E-state index is 0.107. The van der Waals surface area contributed by atoms with Crippen LogP contribution in [-0.2, 0) is 31.8 Å². The average Bonchev–Trinajstić information content (AvgIpc) is 3.14. The van der Waals surface area contributed by atoms with E-state index in [1.807, 2.05) is 12.1 Å². The fourth-order valence-electron chi connectivity index (χ4n) is 5.94. The van der Waals surface area contributed by atoms with Crippen molar-refractivity contribution in [3.05, 3.63) is 83.4 Å². The fraction of sp³-hybridized carbons (Fsp3) is 0.395. The maximum Gasteiger partial charge on any atom is 0.417 e. The highest BCUT2D eigenvalue weighted by molar-refractivity contribution is 6.01. The van der Waals surface area contributed by atoms with Crippen LogP contribution in [0.5, 0.6) is 11.5 Å². The zero-order valence-corrected chi connectivity index (χ0v) is 29.6. The summed E-state index contributed by atoms with van der Waals surface area (Å²) < 4.78 is 51.4. The first-order valence-corrected chi connectivity index (χ1v) is 17.4. The number of imide groups is 1. The molecule has 0 radical (unpaired) electrons. The highest BCUT2D eigenvalue weighted by Crippen LogP contribution is 2.34. The lowest BCUT2D eigenvalue weighted by molar-refractivity contribution is -0.138. The fourth-order valence-corrected chi connectivity index (χ4v) is 5.94. The van der Waals surface area contributed by atoms with Gasteiger partial charge in [-0.05, 0) is 79.9 Å². The van der Waals surface area contributed by atoms with Gasteiger partial charge in [0.15, 0.2) is 5.60 Å². The molecule has 2 aliphatic rings. The molecule has 5 rings (SSSR count). The number of halogens is 3. The number of piperidine rings is 1. The molecule has 16 heteroatoms. The third kappa shape index (κ3) is 10.9. The summed E-state index contributed by atoms with van der Waals surface area (Å²) in [4.78, 5) is 52.8. The Labute approximate surface area is 310 Å². The Bertz CT molecular complexity index is 1850. The van der Waals surface area contributed by atoms with E-state index in [0.29, 0.717) is 30.6 Å². The third-order valence-electron chi connectivity index (χ3n) is 9.04. The van der Waals surface area contributed by atoms with E-state index in [1.54, 1.807) is 36.4 Å². The number of anilines is 2. The average molecular weight is 751 g/mol. The van der Waals surface area contributed by atoms with Gasteiger partial charge in [0.1, 0.15) is 24.1 Å². The predicted octanol–water partition coefficient (Wildman–Crippen LogP) is 3.40. The number of ether oxygens (including phenoxy) is 2. The number of benzene rings is 3. The second-order valence-electron chi connectivity index (χ2n) is 13.3. The Balaban J connectivity index is 0.978. The van der Waals surface area contributed by atoms with Crippen LogP contribution in [0.1, 0.15) is 42.9 Å². The van der Waals surface area contributed by atoms with Crippen LogP contribution in [0.4, 0.5) is 24.5 Å². The van der Waals surface area contributed by atoms with E-state index >= 15 is 0 Å². The van der Waals surface area contributed by atoms with Gasteiger partial charge in [-0.15, -0.1) is 0 Å². The standard InChI is InChI=1S/C38H41F3N6O7/c1-37(52,36(51)43-27-6-5-26(23-42)31(22-27)38(39,40)41)24-54-30-11-7-28(8-12-30)47-18-16-46(17-19-47)15-2-20-53-29-9-3-25(4-10-29)21-34(49)44-32-13-14-33(48)45-35(32)50/h3-12,22,32,52H,2,13-21,24H2,1H3,(H,43,51)(H,44,49)(H,45,48,50)/t32?,37-/m0/s1. The topological polar surface area (TPSA) is 173 Å². The number of nitrogens with zero attached hydrogens (tertiary/aromatic N) is 3. The van der Waals surface area contributed by atoms with E-state index in [4.69, 9.17) is 14.7 Å². The molecular weight excluding hydrogens is 709 g/mol. The SMILES string of the molecule is C[C@](O)(COc1ccc(N2CCN(CCCOc3ccc(CC(=O)NC4CCC(=O)NC4=O)cc3)CC2)cc1)C(=O)Nc1ccc(C#N)c(C(F)(F)F)c1. The normalized spacial score (nSPS) is 17.5. The predicted molar refractivity (Wildman–Crippen MR) is 191 cm³/mol. The minimum atomic E-state index is -4.79. The number of aliphatic hydroxyl groups is 1. The summed E-state index contributed by atoms with van der Waals surface area (Å²) in [6.07, 6.45) is -3.37. The van der Waals surface area contributed by atoms with E-state index < -0.39 is 47.4 Å². The van der Waals surface area contributed by atoms with Crippen molar-refractivity contribution < 1.29 is 46.9 Å². The van der Waals surface area contributed by atoms with Crippen LogP contribution in [0, 0.1) is 11.3 Å². The second kappa shape index (κ2) is 17.4. The van der Waals surface area contributed by atoms with Gasteiger partial charge in [0.25, 0.3) is 5.91 Å². The number of carbonyl (C=O) groups is 4. The van der Waals surface area contributed by atoms with Crippen molar-refractivity contribution in [1.82, 2.24) is 15.5 Å². The molecule has 2 fully saturated rings. The smallest absolute Gasteiger partial charge is 0.417 e. The van der Waals surface area contributed by atoms with Crippen LogP contribution in [0.25, 0.3) is 0 Å². The van der Waals surface area contributed by atoms with Crippen LogP contribution in [-0.4, -0.2) is 91.2 Å². The molecule has 0 aromatic heterocycles. The van der Waals surface area contributed by atoms with Gasteiger partial charge in [0, 0.05) is 50.5 Å². The van der Waals surface area contributed by atoms with Crippen LogP contribution in [0.3, 0.4) is 0 Å². The van der Waals surface area contributed by atoms with E-state index in [1.165, 1.54) is 13.0 Å². The number of carbonyl (C=O) groups excluding carboxylic acids is 4. The lowest BCUT2D eigenvalue weighted by Gasteiger charge is -2.36. The van der Waals surface area contributed by atoms with Crippen LogP contribution < -0.4 is 30.3 Å². The Morgan fingerprint density at radius 2 is 1.65 bits per heavy atom. The molecule has 0 spiro atoms. The highest BCUT2D eigenvalue weighted by Gasteiger charge is 2.36. The van der Waals surface area contributed by atoms with E-state index in [9.17, 15) is 37.5 Å². The molecular formula is C38H41F3N6O7. The molecule has 2 aliphatic heterocycles. The van der Waals surface area contributed by atoms with Crippen molar-refractivity contribution in [3.63, 3.8) is 0 Å². The molecule has 1 unspecified atom stereocenters. The third-order valence-corrected chi connectivity index (χ3v) is 9.04. The van der Waals surface area contributed by atoms with Gasteiger partial charge in [-0.2, -0.15) is 18.4 Å². The maximum absolute atomic E-state index is 13.3. The number of nitriles is 1. The second-order valence-corrected chi connectivity index (χ2v) is 13.3. The molecule has 2 saturated heterocycles. The summed E-state index contributed by atoms with van der Waals surface area (Å²) in [7, 11) is 0. The Morgan fingerprint density at radius 1 is 0.981 bits per heavy atom. The molecule has 13 nitrogen and oxygen atoms in total. The molecule has 2 atom stereocenters. The highest BCUT2D eigenvalue weighted by atomic mass is 19.4. The van der Waals surface area contributed by atoms with Gasteiger partial charge in [-0.1, -0.05) is 12.1 Å². The van der Waals surface area contributed by atoms with Crippen LogP contribution in [0.2, 0.25) is 0 Å². The minimum Gasteiger partial charge on any atom is -0.494 e. The molecule has 3 aromatic carbocycles. The largest absolute Gasteiger partial charge is 0.494 e. The summed E-state index contributed by atoms with van der Waals surface area (Å²) in [6, 6.07) is 17.9. The summed E-state index contributed by atoms with van der Waals surface area (Å²) in [6.45, 7) is 5.45. The zero-order chi connectivity index (χ0) is 38.9. The van der Waals surface area contributed by atoms with E-state index in [-0.39, 0.29) is 30.3 Å². The first-order chi connectivity index (χ1) is 25.7. The van der Waals surface area contributed by atoms with Crippen LogP contribution >= 0.6 is 0 Å². The van der Waals surface area contributed by atoms with Gasteiger partial charge < -0.3 is 30.1 Å². The van der Waals surface area contributed by atoms with Crippen LogP contribution in [0.15, 0.2) is 66.7 Å². The molecule has 54 heavy (non-hydrogen) atoms. The number of nitrogens with one attached hydrogen (secondary N) is 3. The molecule has 286 valence electrons. The summed E-state index contributed by atoms with van der Waals surface area (Å²) >= 11 is 0. The summed E-state index contributed by atoms with van der Waals surface area (Å²) in [5.41, 5.74) is -2.31. The van der Waals surface area contributed by atoms with E-state index in [0.717, 1.165) is 62.5 Å². The monoisotopic (exact) mass is 750 g/mol. The van der Waals surface area contributed by atoms with Crippen molar-refractivity contribution >= 4 is 35.0 Å². The number of amides is 4. The lowest BCUT2D eigenvalue weighted by Crippen LogP contribution is -2.52. The molecule has 4 N–H and O–H groups in total. The van der Waals surface area contributed by atoms with Crippen molar-refractivity contribution in [2.75, 3.05) is 56.2 Å². The van der Waals surface area contributed by atoms with Gasteiger partial charge in [0.05, 0.1) is 30.2 Å². The summed E-state index contributed by atoms with van der Waals surface area (Å²) in [5.74, 6) is -0.990. The number of piperazine rings is 1. The number of alkyl halides is 3. The van der Waals surface area contributed by atoms with Gasteiger partial charge in [-0.25, -0.2) is 0 Å². The number of rotatable bonds is 14. The Morgan fingerprint density at radius 3 is 2.30 bits per heavy atom. The zero-order valence-electron chi connectivity index (χ0n) is 29.6. The number of hydrogen-bond acceptors (Lipinski definition) is 10. The quantitative estimate of drug-likeness (QED) is 0.141. The van der Waals surface area contributed by atoms with E-state index in [2.05, 4.69) is 25.8 Å². The first kappa shape index (κ1) is 39.5. The van der Waals surface area contributed by atoms with Gasteiger partial charge >= 0.3 is 6.18 Å². The van der Waals surface area contributed by atoms with Crippen molar-refractivity contribution in [2.24, 2.45) is 0 Å². The molecule has 3 aromatic rings. The maximum atomic E-state index is 13.3. The van der Waals surface area contributed by atoms with Gasteiger partial charge in [0.2, 0.25) is 17.7 Å². The van der Waals surface area contributed by atoms with Gasteiger partial charge in [-0.3, -0.25) is 29.4 Å². The van der Waals surface area contributed by atoms with Crippen molar-refractivity contribution in [3.8, 4) is 17.6 Å². The lowest BCUT2D eigenvalue weighted by atomic mass is 10.1. The molecule has 0 aliphatic carbocycles.